The van der Waals surface area contributed by atoms with Crippen molar-refractivity contribution >= 4 is 33.6 Å². The van der Waals surface area contributed by atoms with Gasteiger partial charge in [-0.1, -0.05) is 18.2 Å². The van der Waals surface area contributed by atoms with Gasteiger partial charge in [0.2, 0.25) is 0 Å². The van der Waals surface area contributed by atoms with Crippen molar-refractivity contribution in [2.24, 2.45) is 11.8 Å². The Morgan fingerprint density at radius 1 is 1.09 bits per heavy atom. The van der Waals surface area contributed by atoms with E-state index in [1.807, 2.05) is 18.2 Å². The molecule has 0 bridgehead atoms. The highest BCUT2D eigenvalue weighted by atomic mass is 16.5. The number of fused-ring (bicyclic) bond motifs is 3. The molecule has 1 aliphatic carbocycles. The minimum Gasteiger partial charge on any atom is -0.550 e. The number of carbonyl (C=O) groups excluding carboxylic acids is 2. The number of ether oxygens (including phenoxy) is 1. The number of carbonyl (C=O) groups is 2. The van der Waals surface area contributed by atoms with Crippen LogP contribution in [-0.2, 0) is 9.59 Å². The lowest BCUT2D eigenvalue weighted by molar-refractivity contribution is -0.312. The number of hydrogen-bond acceptors (Lipinski definition) is 6. The second-order valence-electron chi connectivity index (χ2n) is 8.54. The van der Waals surface area contributed by atoms with Gasteiger partial charge in [-0.25, -0.2) is 4.79 Å². The quantitative estimate of drug-likeness (QED) is 0.470. The summed E-state index contributed by atoms with van der Waals surface area (Å²) in [6.45, 7) is 3.96. The average molecular weight is 436 g/mol. The summed E-state index contributed by atoms with van der Waals surface area (Å²) < 4.78 is 11.5. The number of nitrogens with one attached hydrogen (secondary N) is 1. The fourth-order valence-electron chi connectivity index (χ4n) is 4.42. The van der Waals surface area contributed by atoms with Gasteiger partial charge in [0, 0.05) is 23.5 Å². The van der Waals surface area contributed by atoms with E-state index >= 15 is 0 Å². The first-order valence-electron chi connectivity index (χ1n) is 11.0. The van der Waals surface area contributed by atoms with Gasteiger partial charge >= 0.3 is 5.63 Å². The second-order valence-corrected chi connectivity index (χ2v) is 8.54. The van der Waals surface area contributed by atoms with Crippen LogP contribution in [0.2, 0.25) is 0 Å². The van der Waals surface area contributed by atoms with Crippen LogP contribution in [0.25, 0.3) is 21.7 Å². The summed E-state index contributed by atoms with van der Waals surface area (Å²) in [5, 5.41) is 16.0. The van der Waals surface area contributed by atoms with Crippen molar-refractivity contribution in [1.82, 2.24) is 5.32 Å². The summed E-state index contributed by atoms with van der Waals surface area (Å²) in [7, 11) is 0. The summed E-state index contributed by atoms with van der Waals surface area (Å²) in [5.41, 5.74) is 0.696. The Bertz CT molecular complexity index is 1220. The zero-order valence-electron chi connectivity index (χ0n) is 18.2. The predicted octanol–water partition coefficient (Wildman–Crippen LogP) is 2.69. The molecular formula is C25H26NO6-. The largest absolute Gasteiger partial charge is 0.550 e. The number of aliphatic carboxylic acids is 1. The van der Waals surface area contributed by atoms with Gasteiger partial charge < -0.3 is 24.4 Å². The molecule has 1 saturated carbocycles. The van der Waals surface area contributed by atoms with Crippen molar-refractivity contribution in [2.45, 2.75) is 45.6 Å². The number of amides is 1. The Morgan fingerprint density at radius 3 is 2.47 bits per heavy atom. The monoisotopic (exact) mass is 436 g/mol. The number of rotatable bonds is 6. The van der Waals surface area contributed by atoms with Gasteiger partial charge in [-0.05, 0) is 75.0 Å². The SMILES string of the molecule is Cc1c(O[C@@H](C)C(=O)NCC2CCC(C(=O)[O-])CC2)ccc2c1oc(=O)c1ccccc12. The fourth-order valence-corrected chi connectivity index (χ4v) is 4.42. The van der Waals surface area contributed by atoms with E-state index in [9.17, 15) is 19.5 Å². The molecule has 2 aromatic carbocycles. The topological polar surface area (TPSA) is 109 Å². The summed E-state index contributed by atoms with van der Waals surface area (Å²) in [4.78, 5) is 35.9. The Morgan fingerprint density at radius 2 is 1.78 bits per heavy atom. The molecule has 7 heteroatoms. The third kappa shape index (κ3) is 4.33. The van der Waals surface area contributed by atoms with Crippen molar-refractivity contribution in [3.63, 3.8) is 0 Å². The van der Waals surface area contributed by atoms with Crippen molar-refractivity contribution < 1.29 is 23.8 Å². The average Bonchev–Trinajstić information content (AvgIpc) is 2.80. The van der Waals surface area contributed by atoms with Crippen LogP contribution in [0.5, 0.6) is 5.75 Å². The molecule has 0 unspecified atom stereocenters. The molecule has 1 atom stereocenters. The van der Waals surface area contributed by atoms with Gasteiger partial charge in [-0.3, -0.25) is 4.79 Å². The van der Waals surface area contributed by atoms with E-state index in [2.05, 4.69) is 5.32 Å². The minimum absolute atomic E-state index is 0.244. The maximum atomic E-state index is 12.6. The molecule has 1 amide bonds. The molecule has 4 rings (SSSR count). The Labute approximate surface area is 185 Å². The highest BCUT2D eigenvalue weighted by molar-refractivity contribution is 6.05. The van der Waals surface area contributed by atoms with E-state index in [1.165, 1.54) is 0 Å². The van der Waals surface area contributed by atoms with E-state index < -0.39 is 17.7 Å². The predicted molar refractivity (Wildman–Crippen MR) is 118 cm³/mol. The number of hydrogen-bond donors (Lipinski definition) is 1. The van der Waals surface area contributed by atoms with Gasteiger partial charge in [0.25, 0.3) is 5.91 Å². The van der Waals surface area contributed by atoms with E-state index in [1.54, 1.807) is 32.0 Å². The molecule has 1 fully saturated rings. The maximum absolute atomic E-state index is 12.6. The molecule has 1 N–H and O–H groups in total. The highest BCUT2D eigenvalue weighted by Crippen LogP contribution is 2.31. The van der Waals surface area contributed by atoms with Crippen LogP contribution in [0.3, 0.4) is 0 Å². The molecule has 0 aliphatic heterocycles. The van der Waals surface area contributed by atoms with Crippen molar-refractivity contribution in [2.75, 3.05) is 6.54 Å². The van der Waals surface area contributed by atoms with Crippen LogP contribution in [0.15, 0.2) is 45.6 Å². The third-order valence-electron chi connectivity index (χ3n) is 6.41. The Balaban J connectivity index is 1.43. The van der Waals surface area contributed by atoms with Crippen molar-refractivity contribution in [3.8, 4) is 5.75 Å². The molecule has 0 radical (unpaired) electrons. The van der Waals surface area contributed by atoms with Gasteiger partial charge in [-0.15, -0.1) is 0 Å². The summed E-state index contributed by atoms with van der Waals surface area (Å²) in [6, 6.07) is 10.9. The Hall–Kier alpha value is -3.35. The zero-order chi connectivity index (χ0) is 22.8. The second kappa shape index (κ2) is 9.02. The van der Waals surface area contributed by atoms with Crippen LogP contribution >= 0.6 is 0 Å². The number of carboxylic acid groups (broad SMARTS) is 1. The molecule has 1 aliphatic rings. The Kier molecular flexibility index (Phi) is 6.17. The van der Waals surface area contributed by atoms with E-state index in [4.69, 9.17) is 9.15 Å². The minimum atomic E-state index is -0.982. The molecule has 32 heavy (non-hydrogen) atoms. The smallest absolute Gasteiger partial charge is 0.344 e. The summed E-state index contributed by atoms with van der Waals surface area (Å²) >= 11 is 0. The standard InChI is InChI=1S/C25H27NO6/c1-14-21(12-11-19-18-5-3-4-6-20(18)25(30)32-22(14)19)31-15(2)23(27)26-13-16-7-9-17(10-8-16)24(28)29/h3-6,11-12,15-17H,7-10,13H2,1-2H3,(H,26,27)(H,28,29)/p-1/t15-,16?,17?/m0/s1. The lowest BCUT2D eigenvalue weighted by Gasteiger charge is -2.29. The van der Waals surface area contributed by atoms with Gasteiger partial charge in [0.1, 0.15) is 11.3 Å². The van der Waals surface area contributed by atoms with Crippen LogP contribution < -0.4 is 20.8 Å². The zero-order valence-corrected chi connectivity index (χ0v) is 18.2. The molecule has 1 heterocycles. The van der Waals surface area contributed by atoms with Gasteiger partial charge in [0.15, 0.2) is 6.10 Å². The number of benzene rings is 2. The van der Waals surface area contributed by atoms with E-state index in [-0.39, 0.29) is 17.7 Å². The van der Waals surface area contributed by atoms with E-state index in [0.717, 1.165) is 23.6 Å². The van der Waals surface area contributed by atoms with Crippen LogP contribution in [-0.4, -0.2) is 24.5 Å². The highest BCUT2D eigenvalue weighted by Gasteiger charge is 2.24. The molecule has 7 nitrogen and oxygen atoms in total. The lowest BCUT2D eigenvalue weighted by atomic mass is 9.82. The van der Waals surface area contributed by atoms with Crippen molar-refractivity contribution in [3.05, 3.63) is 52.4 Å². The normalized spacial score (nSPS) is 19.6. The van der Waals surface area contributed by atoms with Gasteiger partial charge in [0.05, 0.1) is 5.39 Å². The molecular weight excluding hydrogens is 410 g/mol. The fraction of sp³-hybridized carbons (Fsp3) is 0.400. The van der Waals surface area contributed by atoms with Gasteiger partial charge in [-0.2, -0.15) is 0 Å². The maximum Gasteiger partial charge on any atom is 0.344 e. The first-order chi connectivity index (χ1) is 15.3. The van der Waals surface area contributed by atoms with Crippen molar-refractivity contribution in [1.29, 1.82) is 0 Å². The van der Waals surface area contributed by atoms with Crippen LogP contribution in [0, 0.1) is 18.8 Å². The van der Waals surface area contributed by atoms with Crippen LogP contribution in [0.1, 0.15) is 38.2 Å². The molecule has 3 aromatic rings. The molecule has 0 spiro atoms. The number of carboxylic acids is 1. The first kappa shape index (κ1) is 21.9. The summed E-state index contributed by atoms with van der Waals surface area (Å²) in [6.07, 6.45) is 1.95. The van der Waals surface area contributed by atoms with Crippen LogP contribution in [0.4, 0.5) is 0 Å². The first-order valence-corrected chi connectivity index (χ1v) is 11.0. The lowest BCUT2D eigenvalue weighted by Crippen LogP contribution is -2.40. The molecule has 1 aromatic heterocycles. The number of aryl methyl sites for hydroxylation is 1. The molecule has 168 valence electrons. The third-order valence-corrected chi connectivity index (χ3v) is 6.41. The molecule has 0 saturated heterocycles. The summed E-state index contributed by atoms with van der Waals surface area (Å²) in [5.74, 6) is -0.868. The van der Waals surface area contributed by atoms with E-state index in [0.29, 0.717) is 41.7 Å².